The number of hydrogen-bond donors (Lipinski definition) is 1. The van der Waals surface area contributed by atoms with Crippen molar-refractivity contribution in [3.8, 4) is 6.07 Å². The molecule has 39 heavy (non-hydrogen) atoms. The fourth-order valence-corrected chi connectivity index (χ4v) is 5.26. The summed E-state index contributed by atoms with van der Waals surface area (Å²) in [7, 11) is 0. The van der Waals surface area contributed by atoms with Crippen LogP contribution < -0.4 is 5.32 Å². The Morgan fingerprint density at radius 2 is 1.97 bits per heavy atom. The summed E-state index contributed by atoms with van der Waals surface area (Å²) in [5.74, 6) is -0.0662. The predicted molar refractivity (Wildman–Crippen MR) is 145 cm³/mol. The van der Waals surface area contributed by atoms with Crippen LogP contribution in [0.25, 0.3) is 0 Å². The SMILES string of the molecule is CC(C)(C)OC(=O)N1CCc2cc(Cn3cc(C(=O)N[C@H]4C[C@@H](c5cc(Cl)ccc5C#N)C4)nn3)ccc2C1. The smallest absolute Gasteiger partial charge is 0.410 e. The molecule has 5 rings (SSSR count). The minimum Gasteiger partial charge on any atom is -0.444 e. The van der Waals surface area contributed by atoms with Crippen LogP contribution in [0.1, 0.15) is 77.8 Å². The maximum atomic E-state index is 12.8. The third kappa shape index (κ3) is 6.23. The summed E-state index contributed by atoms with van der Waals surface area (Å²) in [6, 6.07) is 13.7. The van der Waals surface area contributed by atoms with Gasteiger partial charge in [0.2, 0.25) is 0 Å². The Bertz CT molecular complexity index is 1450. The third-order valence-corrected chi connectivity index (χ3v) is 7.33. The first-order chi connectivity index (χ1) is 18.6. The maximum absolute atomic E-state index is 12.8. The molecule has 0 bridgehead atoms. The number of amides is 2. The molecule has 0 unspecified atom stereocenters. The molecule has 1 aliphatic heterocycles. The number of nitrogens with one attached hydrogen (secondary N) is 1. The number of halogens is 1. The van der Waals surface area contributed by atoms with E-state index in [1.54, 1.807) is 27.9 Å². The zero-order chi connectivity index (χ0) is 27.7. The van der Waals surface area contributed by atoms with Crippen molar-refractivity contribution in [2.45, 2.75) is 70.7 Å². The standard InChI is InChI=1S/C29H31ClN6O3/c1-29(2,3)39-28(38)35-9-8-19-10-18(4-5-21(19)16-35)15-36-17-26(33-34-36)27(37)32-24-11-22(12-24)25-13-23(30)7-6-20(25)14-31/h4-7,10,13,17,22,24H,8-9,11-12,15-16H2,1-3H3,(H,32,37)/t22-,24+. The van der Waals surface area contributed by atoms with E-state index in [-0.39, 0.29) is 29.7 Å². The van der Waals surface area contributed by atoms with Gasteiger partial charge in [-0.15, -0.1) is 5.10 Å². The lowest BCUT2D eigenvalue weighted by Crippen LogP contribution is -2.43. The van der Waals surface area contributed by atoms with E-state index in [1.165, 1.54) is 5.56 Å². The van der Waals surface area contributed by atoms with Crippen molar-refractivity contribution in [3.05, 3.63) is 81.1 Å². The molecule has 2 heterocycles. The van der Waals surface area contributed by atoms with Crippen molar-refractivity contribution < 1.29 is 14.3 Å². The van der Waals surface area contributed by atoms with Gasteiger partial charge in [-0.2, -0.15) is 5.26 Å². The number of nitrogens with zero attached hydrogens (tertiary/aromatic N) is 5. The number of rotatable bonds is 5. The van der Waals surface area contributed by atoms with Gasteiger partial charge in [-0.3, -0.25) is 4.79 Å². The van der Waals surface area contributed by atoms with Gasteiger partial charge >= 0.3 is 6.09 Å². The second-order valence-electron chi connectivity index (χ2n) is 11.2. The fraction of sp³-hybridized carbons (Fsp3) is 0.414. The summed E-state index contributed by atoms with van der Waals surface area (Å²) in [6.07, 6.45) is 3.60. The molecule has 0 saturated heterocycles. The van der Waals surface area contributed by atoms with Gasteiger partial charge in [0.25, 0.3) is 5.91 Å². The van der Waals surface area contributed by atoms with Gasteiger partial charge in [-0.25, -0.2) is 9.48 Å². The van der Waals surface area contributed by atoms with Gasteiger partial charge in [0.05, 0.1) is 24.4 Å². The highest BCUT2D eigenvalue weighted by Crippen LogP contribution is 2.39. The molecule has 9 nitrogen and oxygen atoms in total. The quantitative estimate of drug-likeness (QED) is 0.491. The summed E-state index contributed by atoms with van der Waals surface area (Å²) in [4.78, 5) is 26.9. The lowest BCUT2D eigenvalue weighted by molar-refractivity contribution is 0.0224. The van der Waals surface area contributed by atoms with E-state index in [4.69, 9.17) is 16.3 Å². The largest absolute Gasteiger partial charge is 0.444 e. The minimum absolute atomic E-state index is 0.0130. The average molecular weight is 547 g/mol. The molecule has 1 fully saturated rings. The van der Waals surface area contributed by atoms with Crippen LogP contribution in [0, 0.1) is 11.3 Å². The number of hydrogen-bond acceptors (Lipinski definition) is 6. The second kappa shape index (κ2) is 10.7. The van der Waals surface area contributed by atoms with E-state index in [0.29, 0.717) is 30.2 Å². The Kier molecular flexibility index (Phi) is 7.32. The molecule has 1 saturated carbocycles. The van der Waals surface area contributed by atoms with Gasteiger partial charge in [-0.1, -0.05) is 35.0 Å². The van der Waals surface area contributed by atoms with Crippen LogP contribution in [0.15, 0.2) is 42.6 Å². The summed E-state index contributed by atoms with van der Waals surface area (Å²) >= 11 is 6.12. The van der Waals surface area contributed by atoms with Crippen molar-refractivity contribution in [2.75, 3.05) is 6.54 Å². The number of nitriles is 1. The summed E-state index contributed by atoms with van der Waals surface area (Å²) in [6.45, 7) is 7.22. The van der Waals surface area contributed by atoms with Crippen LogP contribution in [0.4, 0.5) is 4.79 Å². The molecule has 2 aromatic carbocycles. The molecule has 0 spiro atoms. The van der Waals surface area contributed by atoms with Crippen molar-refractivity contribution >= 4 is 23.6 Å². The molecular weight excluding hydrogens is 516 g/mol. The van der Waals surface area contributed by atoms with Gasteiger partial charge in [0, 0.05) is 24.2 Å². The van der Waals surface area contributed by atoms with Crippen LogP contribution in [-0.2, 0) is 24.2 Å². The number of benzene rings is 2. The first-order valence-electron chi connectivity index (χ1n) is 13.1. The molecule has 0 radical (unpaired) electrons. The van der Waals surface area contributed by atoms with Gasteiger partial charge in [0.1, 0.15) is 5.60 Å². The van der Waals surface area contributed by atoms with Crippen LogP contribution in [0.3, 0.4) is 0 Å². The van der Waals surface area contributed by atoms with Gasteiger partial charge in [0.15, 0.2) is 5.69 Å². The van der Waals surface area contributed by atoms with Crippen LogP contribution >= 0.6 is 11.6 Å². The lowest BCUT2D eigenvalue weighted by Gasteiger charge is -2.36. The molecule has 1 N–H and O–H groups in total. The fourth-order valence-electron chi connectivity index (χ4n) is 5.08. The summed E-state index contributed by atoms with van der Waals surface area (Å²) in [5, 5.41) is 21.2. The highest BCUT2D eigenvalue weighted by atomic mass is 35.5. The van der Waals surface area contributed by atoms with E-state index in [2.05, 4.69) is 27.8 Å². The topological polar surface area (TPSA) is 113 Å². The molecule has 1 aliphatic carbocycles. The number of carbonyl (C=O) groups excluding carboxylic acids is 2. The van der Waals surface area contributed by atoms with E-state index < -0.39 is 5.60 Å². The van der Waals surface area contributed by atoms with Gasteiger partial charge < -0.3 is 15.0 Å². The molecule has 2 amide bonds. The third-order valence-electron chi connectivity index (χ3n) is 7.10. The Hall–Kier alpha value is -3.90. The van der Waals surface area contributed by atoms with Crippen molar-refractivity contribution in [2.24, 2.45) is 0 Å². The van der Waals surface area contributed by atoms with E-state index in [9.17, 15) is 14.9 Å². The molecule has 1 aromatic heterocycles. The molecule has 3 aromatic rings. The molecule has 2 aliphatic rings. The maximum Gasteiger partial charge on any atom is 0.410 e. The van der Waals surface area contributed by atoms with E-state index >= 15 is 0 Å². The highest BCUT2D eigenvalue weighted by molar-refractivity contribution is 6.30. The van der Waals surface area contributed by atoms with Crippen molar-refractivity contribution in [1.29, 1.82) is 5.26 Å². The predicted octanol–water partition coefficient (Wildman–Crippen LogP) is 4.82. The van der Waals surface area contributed by atoms with E-state index in [1.807, 2.05) is 39.0 Å². The molecule has 10 heteroatoms. The van der Waals surface area contributed by atoms with Crippen LogP contribution in [0.2, 0.25) is 5.02 Å². The first-order valence-corrected chi connectivity index (χ1v) is 13.4. The molecular formula is C29H31ClN6O3. The lowest BCUT2D eigenvalue weighted by atomic mass is 9.74. The first kappa shape index (κ1) is 26.7. The van der Waals surface area contributed by atoms with Crippen molar-refractivity contribution in [3.63, 3.8) is 0 Å². The summed E-state index contributed by atoms with van der Waals surface area (Å²) in [5.41, 5.74) is 4.66. The molecule has 202 valence electrons. The Morgan fingerprint density at radius 3 is 2.72 bits per heavy atom. The van der Waals surface area contributed by atoms with Gasteiger partial charge in [-0.05, 0) is 86.4 Å². The Labute approximate surface area is 232 Å². The zero-order valence-corrected chi connectivity index (χ0v) is 23.0. The van der Waals surface area contributed by atoms with Crippen molar-refractivity contribution in [1.82, 2.24) is 25.2 Å². The highest BCUT2D eigenvalue weighted by Gasteiger charge is 2.33. The zero-order valence-electron chi connectivity index (χ0n) is 22.3. The summed E-state index contributed by atoms with van der Waals surface area (Å²) < 4.78 is 7.16. The monoisotopic (exact) mass is 546 g/mol. The van der Waals surface area contributed by atoms with Crippen LogP contribution in [0.5, 0.6) is 0 Å². The normalized spacial score (nSPS) is 18.5. The second-order valence-corrected chi connectivity index (χ2v) is 11.7. The Balaban J connectivity index is 1.14. The molecule has 0 atom stereocenters. The Morgan fingerprint density at radius 1 is 1.18 bits per heavy atom. The minimum atomic E-state index is -0.520. The van der Waals surface area contributed by atoms with E-state index in [0.717, 1.165) is 36.0 Å². The number of fused-ring (bicyclic) bond motifs is 1. The number of carbonyl (C=O) groups is 2. The van der Waals surface area contributed by atoms with Crippen LogP contribution in [-0.4, -0.2) is 50.1 Å². The number of aromatic nitrogens is 3. The average Bonchev–Trinajstić information content (AvgIpc) is 3.33. The number of ether oxygens (including phenoxy) is 1.